The zero-order chi connectivity index (χ0) is 20.6. The SMILES string of the molecule is O=C(NC12C3[C@@H]4[C@H]1C1[C@@H]2[C@H]3C4(Br)C12OCCO2)NC12C3[C@@H]4[C@H]1C1[C@H]2[C@@H]3C4(Br)C12OCCO2. The lowest BCUT2D eigenvalue weighted by atomic mass is 9.16. The van der Waals surface area contributed by atoms with Crippen molar-refractivity contribution < 1.29 is 23.7 Å². The maximum Gasteiger partial charge on any atom is 0.315 e. The van der Waals surface area contributed by atoms with E-state index in [4.69, 9.17) is 18.9 Å². The van der Waals surface area contributed by atoms with Crippen molar-refractivity contribution in [1.29, 1.82) is 0 Å². The summed E-state index contributed by atoms with van der Waals surface area (Å²) < 4.78 is 25.1. The molecule has 2 aliphatic heterocycles. The van der Waals surface area contributed by atoms with Crippen LogP contribution in [0.15, 0.2) is 0 Å². The number of rotatable bonds is 2. The van der Waals surface area contributed by atoms with Crippen LogP contribution in [-0.2, 0) is 18.9 Å². The van der Waals surface area contributed by atoms with E-state index in [1.54, 1.807) is 0 Å². The Kier molecular flexibility index (Phi) is 2.02. The first-order valence-corrected chi connectivity index (χ1v) is 14.1. The number of hydrogen-bond donors (Lipinski definition) is 2. The van der Waals surface area contributed by atoms with Gasteiger partial charge in [-0.1, -0.05) is 31.9 Å². The molecule has 16 atom stereocenters. The number of nitrogens with one attached hydrogen (secondary N) is 2. The fourth-order valence-corrected chi connectivity index (χ4v) is 17.4. The highest BCUT2D eigenvalue weighted by molar-refractivity contribution is 9.10. The molecule has 32 heavy (non-hydrogen) atoms. The quantitative estimate of drug-likeness (QED) is 0.489. The molecule has 168 valence electrons. The number of hydrogen-bond acceptors (Lipinski definition) is 5. The molecule has 2 heterocycles. The standard InChI is InChI=1S/C23H22Br2N2O5/c24-20-11-5-12(20)8-15(22(20)29-1-2-30-22)7(11)18(5,8)26-17(28)27-19-6-13-9(19)16-10(19)14(6)21(13,25)23(16)31-3-4-32-23/h5-16H,1-4H2,(H2,26,27,28)/t5?,6?,7-,8-,9-,10+,11-,12+,13+,14+,15?,16?,18?,19?,20?,21?/m0/s1. The molecule has 0 radical (unpaired) electrons. The zero-order valence-corrected chi connectivity index (χ0v) is 20.2. The van der Waals surface area contributed by atoms with Crippen LogP contribution in [0.3, 0.4) is 0 Å². The second-order valence-corrected chi connectivity index (χ2v) is 15.6. The summed E-state index contributed by atoms with van der Waals surface area (Å²) in [7, 11) is 0. The van der Waals surface area contributed by atoms with Gasteiger partial charge in [0.15, 0.2) is 11.6 Å². The first-order valence-electron chi connectivity index (χ1n) is 12.5. The van der Waals surface area contributed by atoms with Crippen LogP contribution in [0.2, 0.25) is 0 Å². The van der Waals surface area contributed by atoms with E-state index in [9.17, 15) is 4.79 Å². The normalized spacial score (nSPS) is 77.8. The maximum absolute atomic E-state index is 13.4. The molecule has 2 amide bonds. The molecule has 2 spiro atoms. The van der Waals surface area contributed by atoms with E-state index in [2.05, 4.69) is 42.5 Å². The van der Waals surface area contributed by atoms with Crippen LogP contribution in [0, 0.1) is 71.0 Å². The zero-order valence-electron chi connectivity index (χ0n) is 17.1. The van der Waals surface area contributed by atoms with E-state index < -0.39 is 11.6 Å². The number of halogens is 2. The molecule has 2 N–H and O–H groups in total. The third-order valence-electron chi connectivity index (χ3n) is 13.9. The van der Waals surface area contributed by atoms with Gasteiger partial charge in [0.25, 0.3) is 0 Å². The highest BCUT2D eigenvalue weighted by atomic mass is 79.9. The van der Waals surface area contributed by atoms with Crippen molar-refractivity contribution in [3.05, 3.63) is 0 Å². The van der Waals surface area contributed by atoms with E-state index in [-0.39, 0.29) is 25.8 Å². The van der Waals surface area contributed by atoms with Crippen molar-refractivity contribution in [3.63, 3.8) is 0 Å². The van der Waals surface area contributed by atoms with Crippen molar-refractivity contribution in [2.45, 2.75) is 31.3 Å². The minimum absolute atomic E-state index is 0.0104. The Balaban J connectivity index is 0.850. The van der Waals surface area contributed by atoms with Gasteiger partial charge in [-0.3, -0.25) is 0 Å². The van der Waals surface area contributed by atoms with Crippen LogP contribution in [0.4, 0.5) is 4.79 Å². The molecule has 14 rings (SSSR count). The molecule has 0 aromatic heterocycles. The fraction of sp³-hybridized carbons (Fsp3) is 0.957. The Morgan fingerprint density at radius 3 is 1.22 bits per heavy atom. The van der Waals surface area contributed by atoms with Gasteiger partial charge in [0, 0.05) is 11.8 Å². The Hall–Kier alpha value is 0.0700. The summed E-state index contributed by atoms with van der Waals surface area (Å²) >= 11 is 8.23. The largest absolute Gasteiger partial charge is 0.346 e. The van der Waals surface area contributed by atoms with Crippen LogP contribution in [0.25, 0.3) is 0 Å². The van der Waals surface area contributed by atoms with Crippen LogP contribution in [-0.4, -0.2) is 63.8 Å². The second-order valence-electron chi connectivity index (χ2n) is 13.0. The predicted octanol–water partition coefficient (Wildman–Crippen LogP) is 1.05. The summed E-state index contributed by atoms with van der Waals surface area (Å²) in [5, 5.41) is 7.13. The van der Waals surface area contributed by atoms with Gasteiger partial charge in [0.05, 0.1) is 46.2 Å². The molecule has 2 saturated heterocycles. The summed E-state index contributed by atoms with van der Waals surface area (Å²) in [4.78, 5) is 13.4. The van der Waals surface area contributed by atoms with Crippen molar-refractivity contribution in [1.82, 2.24) is 10.6 Å². The molecular weight excluding hydrogens is 544 g/mol. The Labute approximate surface area is 200 Å². The Morgan fingerprint density at radius 2 is 0.875 bits per heavy atom. The van der Waals surface area contributed by atoms with Crippen LogP contribution in [0.5, 0.6) is 0 Å². The lowest BCUT2D eigenvalue weighted by Crippen LogP contribution is -3.02. The summed E-state index contributed by atoms with van der Waals surface area (Å²) in [6.45, 7) is 2.81. The number of urea groups is 1. The molecule has 0 aromatic carbocycles. The van der Waals surface area contributed by atoms with Crippen molar-refractivity contribution in [2.24, 2.45) is 71.0 Å². The Bertz CT molecular complexity index is 1020. The van der Waals surface area contributed by atoms with Crippen LogP contribution >= 0.6 is 31.9 Å². The average Bonchev–Trinajstić information content (AvgIpc) is 3.52. The molecule has 12 saturated carbocycles. The van der Waals surface area contributed by atoms with E-state index >= 15 is 0 Å². The number of alkyl halides is 2. The fourth-order valence-electron chi connectivity index (χ4n) is 14.2. The summed E-state index contributed by atoms with van der Waals surface area (Å²) in [6, 6.07) is 0.0771. The van der Waals surface area contributed by atoms with E-state index in [1.165, 1.54) is 0 Å². The molecule has 14 aliphatic rings. The molecule has 7 nitrogen and oxygen atoms in total. The minimum atomic E-state index is -0.415. The van der Waals surface area contributed by atoms with Gasteiger partial charge >= 0.3 is 6.03 Å². The molecule has 9 heteroatoms. The van der Waals surface area contributed by atoms with Crippen molar-refractivity contribution in [2.75, 3.05) is 26.4 Å². The predicted molar refractivity (Wildman–Crippen MR) is 112 cm³/mol. The number of ether oxygens (including phenoxy) is 4. The second kappa shape index (κ2) is 3.88. The van der Waals surface area contributed by atoms with E-state index in [0.717, 1.165) is 0 Å². The highest BCUT2D eigenvalue weighted by Crippen LogP contribution is 3.02. The van der Waals surface area contributed by atoms with Gasteiger partial charge in [0.2, 0.25) is 0 Å². The lowest BCUT2D eigenvalue weighted by Gasteiger charge is -2.92. The van der Waals surface area contributed by atoms with E-state index in [0.29, 0.717) is 97.4 Å². The van der Waals surface area contributed by atoms with Gasteiger partial charge in [-0.25, -0.2) is 4.79 Å². The van der Waals surface area contributed by atoms with Gasteiger partial charge in [-0.2, -0.15) is 0 Å². The Morgan fingerprint density at radius 1 is 0.562 bits per heavy atom. The molecule has 12 aliphatic carbocycles. The first kappa shape index (κ1) is 16.7. The summed E-state index contributed by atoms with van der Waals surface area (Å²) in [5.74, 6) is 5.84. The van der Waals surface area contributed by atoms with Gasteiger partial charge in [-0.05, 0) is 59.2 Å². The molecule has 14 fully saturated rings. The van der Waals surface area contributed by atoms with Gasteiger partial charge in [-0.15, -0.1) is 0 Å². The lowest BCUT2D eigenvalue weighted by molar-refractivity contribution is -0.397. The van der Waals surface area contributed by atoms with Crippen LogP contribution < -0.4 is 10.6 Å². The highest BCUT2D eigenvalue weighted by Gasteiger charge is 3.11. The van der Waals surface area contributed by atoms with Gasteiger partial charge < -0.3 is 29.6 Å². The van der Waals surface area contributed by atoms with Gasteiger partial charge in [0.1, 0.15) is 0 Å². The van der Waals surface area contributed by atoms with Crippen molar-refractivity contribution >= 4 is 37.9 Å². The molecule has 4 bridgehead atoms. The first-order chi connectivity index (χ1) is 15.5. The smallest absolute Gasteiger partial charge is 0.315 e. The van der Waals surface area contributed by atoms with Crippen LogP contribution in [0.1, 0.15) is 0 Å². The molecule has 0 aromatic rings. The third-order valence-corrected chi connectivity index (χ3v) is 17.2. The third kappa shape index (κ3) is 0.921. The topological polar surface area (TPSA) is 78.1 Å². The monoisotopic (exact) mass is 564 g/mol. The number of carbonyl (C=O) groups is 1. The molecular formula is C23H22Br2N2O5. The maximum atomic E-state index is 13.4. The average molecular weight is 566 g/mol. The number of amides is 2. The van der Waals surface area contributed by atoms with E-state index in [1.807, 2.05) is 0 Å². The number of carbonyl (C=O) groups excluding carboxylic acids is 1. The summed E-state index contributed by atoms with van der Waals surface area (Å²) in [5.41, 5.74) is 0.0368. The van der Waals surface area contributed by atoms with Crippen molar-refractivity contribution in [3.8, 4) is 0 Å². The molecule has 8 unspecified atom stereocenters. The summed E-state index contributed by atoms with van der Waals surface area (Å²) in [6.07, 6.45) is 0. The minimum Gasteiger partial charge on any atom is -0.346 e.